The lowest BCUT2D eigenvalue weighted by molar-refractivity contribution is 0.184. The summed E-state index contributed by atoms with van der Waals surface area (Å²) >= 11 is 6.44. The molecule has 0 unspecified atom stereocenters. The fraction of sp³-hybridized carbons (Fsp3) is 0.250. The van der Waals surface area contributed by atoms with Crippen LogP contribution in [-0.2, 0) is 19.9 Å². The van der Waals surface area contributed by atoms with E-state index in [1.807, 2.05) is 0 Å². The first kappa shape index (κ1) is 20.6. The number of benzene rings is 2. The van der Waals surface area contributed by atoms with Crippen molar-refractivity contribution in [2.45, 2.75) is 17.0 Å². The summed E-state index contributed by atoms with van der Waals surface area (Å²) in [6, 6.07) is 8.81. The van der Waals surface area contributed by atoms with Gasteiger partial charge in [0.2, 0.25) is 0 Å². The van der Waals surface area contributed by atoms with Gasteiger partial charge in [-0.15, -0.1) is 0 Å². The summed E-state index contributed by atoms with van der Waals surface area (Å²) in [7, 11) is -7.88. The van der Waals surface area contributed by atoms with Crippen molar-refractivity contribution < 1.29 is 27.0 Å². The molecule has 1 aliphatic rings. The highest BCUT2D eigenvalue weighted by atomic mass is 79.9. The van der Waals surface area contributed by atoms with E-state index in [2.05, 4.69) is 31.9 Å². The average molecular weight is 541 g/mol. The summed E-state index contributed by atoms with van der Waals surface area (Å²) in [6.45, 7) is 0. The second-order valence-corrected chi connectivity index (χ2v) is 11.8. The van der Waals surface area contributed by atoms with E-state index in [9.17, 15) is 27.0 Å². The van der Waals surface area contributed by atoms with Gasteiger partial charge in [-0.3, -0.25) is 4.31 Å². The molecule has 0 radical (unpaired) electrons. The Morgan fingerprint density at radius 3 is 2.37 bits per heavy atom. The smallest absolute Gasteiger partial charge is 0.265 e. The third-order valence-electron chi connectivity index (χ3n) is 4.11. The molecule has 1 saturated heterocycles. The van der Waals surface area contributed by atoms with Crippen molar-refractivity contribution in [3.8, 4) is 5.75 Å². The molecular formula is C16H15Br2NO6S2. The molecule has 0 bridgehead atoms. The second kappa shape index (κ2) is 7.36. The van der Waals surface area contributed by atoms with Crippen LogP contribution < -0.4 is 4.31 Å². The molecule has 0 saturated carbocycles. The number of sulfone groups is 1. The number of phenols is 1. The van der Waals surface area contributed by atoms with E-state index in [0.717, 1.165) is 4.31 Å². The van der Waals surface area contributed by atoms with Gasteiger partial charge >= 0.3 is 0 Å². The predicted octanol–water partition coefficient (Wildman–Crippen LogP) is 2.27. The minimum atomic E-state index is -4.27. The number of aliphatic hydroxyl groups is 1. The van der Waals surface area contributed by atoms with Crippen LogP contribution in [0.1, 0.15) is 0 Å². The molecule has 1 heterocycles. The molecule has 7 nitrogen and oxygen atoms in total. The predicted molar refractivity (Wildman–Crippen MR) is 108 cm³/mol. The van der Waals surface area contributed by atoms with Crippen LogP contribution in [0.2, 0.25) is 0 Å². The third kappa shape index (κ3) is 4.16. The highest BCUT2D eigenvalue weighted by Gasteiger charge is 2.45. The molecule has 3 rings (SSSR count). The standard InChI is InChI=1S/C16H15Br2NO6S2/c17-10-4-5-13(18)16(6-10)27(24,25)19(11-2-1-3-12(20)7-11)14-8-26(22,23)9-15(14)21/h1-7,14-15,20-21H,8-9H2/t14-,15+/m0/s1. The Morgan fingerprint density at radius 1 is 1.07 bits per heavy atom. The van der Waals surface area contributed by atoms with Gasteiger partial charge in [0.15, 0.2) is 9.84 Å². The average Bonchev–Trinajstić information content (AvgIpc) is 2.82. The molecule has 27 heavy (non-hydrogen) atoms. The summed E-state index contributed by atoms with van der Waals surface area (Å²) in [4.78, 5) is -0.100. The fourth-order valence-electron chi connectivity index (χ4n) is 2.95. The molecule has 2 aromatic carbocycles. The van der Waals surface area contributed by atoms with Crippen molar-refractivity contribution in [1.29, 1.82) is 0 Å². The zero-order chi connectivity index (χ0) is 20.0. The van der Waals surface area contributed by atoms with E-state index in [4.69, 9.17) is 0 Å². The third-order valence-corrected chi connectivity index (χ3v) is 9.15. The largest absolute Gasteiger partial charge is 0.508 e. The van der Waals surface area contributed by atoms with Crippen molar-refractivity contribution in [2.24, 2.45) is 0 Å². The zero-order valence-corrected chi connectivity index (χ0v) is 18.5. The van der Waals surface area contributed by atoms with Crippen LogP contribution in [0.5, 0.6) is 5.75 Å². The van der Waals surface area contributed by atoms with Crippen molar-refractivity contribution >= 4 is 57.4 Å². The number of anilines is 1. The first-order chi connectivity index (χ1) is 12.5. The molecule has 0 aromatic heterocycles. The van der Waals surface area contributed by atoms with Crippen molar-refractivity contribution in [2.75, 3.05) is 15.8 Å². The molecular weight excluding hydrogens is 526 g/mol. The van der Waals surface area contributed by atoms with E-state index in [1.54, 1.807) is 12.1 Å². The summed E-state index contributed by atoms with van der Waals surface area (Å²) in [5, 5.41) is 20.1. The summed E-state index contributed by atoms with van der Waals surface area (Å²) < 4.78 is 52.5. The number of nitrogens with zero attached hydrogens (tertiary/aromatic N) is 1. The quantitative estimate of drug-likeness (QED) is 0.615. The van der Waals surface area contributed by atoms with Crippen LogP contribution in [0, 0.1) is 0 Å². The van der Waals surface area contributed by atoms with Gasteiger partial charge in [-0.25, -0.2) is 16.8 Å². The molecule has 2 N–H and O–H groups in total. The maximum absolute atomic E-state index is 13.4. The van der Waals surface area contributed by atoms with Gasteiger partial charge in [-0.05, 0) is 46.3 Å². The normalized spacial score (nSPS) is 21.9. The zero-order valence-electron chi connectivity index (χ0n) is 13.7. The van der Waals surface area contributed by atoms with E-state index < -0.39 is 43.5 Å². The number of phenolic OH excluding ortho intramolecular Hbond substituents is 1. The monoisotopic (exact) mass is 539 g/mol. The van der Waals surface area contributed by atoms with Gasteiger partial charge in [-0.2, -0.15) is 0 Å². The molecule has 11 heteroatoms. The van der Waals surface area contributed by atoms with E-state index >= 15 is 0 Å². The highest BCUT2D eigenvalue weighted by molar-refractivity contribution is 9.11. The highest BCUT2D eigenvalue weighted by Crippen LogP contribution is 2.36. The maximum atomic E-state index is 13.4. The first-order valence-corrected chi connectivity index (χ1v) is 12.5. The maximum Gasteiger partial charge on any atom is 0.265 e. The number of rotatable bonds is 4. The second-order valence-electron chi connectivity index (χ2n) is 6.11. The Balaban J connectivity index is 2.22. The van der Waals surface area contributed by atoms with Gasteiger partial charge in [0.05, 0.1) is 29.3 Å². The van der Waals surface area contributed by atoms with Gasteiger partial charge in [-0.1, -0.05) is 22.0 Å². The topological polar surface area (TPSA) is 112 Å². The molecule has 0 spiro atoms. The van der Waals surface area contributed by atoms with Crippen molar-refractivity contribution in [3.05, 3.63) is 51.4 Å². The number of halogens is 2. The Bertz CT molecular complexity index is 1090. The van der Waals surface area contributed by atoms with Crippen LogP contribution in [0.4, 0.5) is 5.69 Å². The van der Waals surface area contributed by atoms with Gasteiger partial charge in [0, 0.05) is 15.0 Å². The minimum absolute atomic E-state index is 0.0584. The Kier molecular flexibility index (Phi) is 5.61. The van der Waals surface area contributed by atoms with Gasteiger partial charge in [0.25, 0.3) is 10.0 Å². The van der Waals surface area contributed by atoms with Crippen molar-refractivity contribution in [3.63, 3.8) is 0 Å². The lowest BCUT2D eigenvalue weighted by atomic mass is 10.2. The van der Waals surface area contributed by atoms with Crippen LogP contribution in [0.25, 0.3) is 0 Å². The summed E-state index contributed by atoms with van der Waals surface area (Å²) in [5.74, 6) is -1.23. The molecule has 1 aliphatic heterocycles. The van der Waals surface area contributed by atoms with Crippen LogP contribution >= 0.6 is 31.9 Å². The molecule has 2 aromatic rings. The van der Waals surface area contributed by atoms with Crippen molar-refractivity contribution in [1.82, 2.24) is 0 Å². The first-order valence-electron chi connectivity index (χ1n) is 7.68. The molecule has 2 atom stereocenters. The van der Waals surface area contributed by atoms with Gasteiger partial charge in [0.1, 0.15) is 10.6 Å². The Hall–Kier alpha value is -1.14. The van der Waals surface area contributed by atoms with Gasteiger partial charge < -0.3 is 10.2 Å². The SMILES string of the molecule is O=S1(=O)C[C@@H](O)[C@@H](N(c2cccc(O)c2)S(=O)(=O)c2cc(Br)ccc2Br)C1. The number of hydrogen-bond acceptors (Lipinski definition) is 6. The number of sulfonamides is 1. The number of hydrogen-bond donors (Lipinski definition) is 2. The molecule has 0 amide bonds. The lowest BCUT2D eigenvalue weighted by Crippen LogP contribution is -2.47. The van der Waals surface area contributed by atoms with Crippen LogP contribution in [0.15, 0.2) is 56.3 Å². The van der Waals surface area contributed by atoms with E-state index in [1.165, 1.54) is 30.3 Å². The summed E-state index contributed by atoms with van der Waals surface area (Å²) in [5.41, 5.74) is 0.0584. The van der Waals surface area contributed by atoms with Crippen LogP contribution in [0.3, 0.4) is 0 Å². The van der Waals surface area contributed by atoms with E-state index in [-0.39, 0.29) is 20.8 Å². The molecule has 0 aliphatic carbocycles. The van der Waals surface area contributed by atoms with E-state index in [0.29, 0.717) is 4.47 Å². The minimum Gasteiger partial charge on any atom is -0.508 e. The molecule has 146 valence electrons. The number of aromatic hydroxyl groups is 1. The Labute approximate surface area is 173 Å². The van der Waals surface area contributed by atoms with Crippen LogP contribution in [-0.4, -0.2) is 50.7 Å². The molecule has 1 fully saturated rings. The number of aliphatic hydroxyl groups excluding tert-OH is 1. The fourth-order valence-corrected chi connectivity index (χ4v) is 7.96. The Morgan fingerprint density at radius 2 is 1.78 bits per heavy atom. The summed E-state index contributed by atoms with van der Waals surface area (Å²) in [6.07, 6.45) is -1.39. The lowest BCUT2D eigenvalue weighted by Gasteiger charge is -2.31.